The summed E-state index contributed by atoms with van der Waals surface area (Å²) in [5.74, 6) is -1.40. The largest absolute Gasteiger partial charge is 0.457 e. The van der Waals surface area contributed by atoms with Gasteiger partial charge in [-0.05, 0) is 93.9 Å². The fraction of sp³-hybridized carbons (Fsp3) is 0.550. The Hall–Kier alpha value is -4.72. The van der Waals surface area contributed by atoms with Crippen LogP contribution in [0.3, 0.4) is 0 Å². The number of benzene rings is 1. The average Bonchev–Trinajstić information content (AvgIpc) is 3.40. The van der Waals surface area contributed by atoms with Crippen LogP contribution in [0.25, 0.3) is 22.3 Å². The van der Waals surface area contributed by atoms with Crippen LogP contribution in [-0.2, 0) is 47.3 Å². The van der Waals surface area contributed by atoms with Gasteiger partial charge in [-0.2, -0.15) is 0 Å². The van der Waals surface area contributed by atoms with Gasteiger partial charge in [-0.15, -0.1) is 0 Å². The zero-order chi connectivity index (χ0) is 40.3. The van der Waals surface area contributed by atoms with E-state index in [1.54, 1.807) is 65.2 Å². The summed E-state index contributed by atoms with van der Waals surface area (Å²) >= 11 is 0. The van der Waals surface area contributed by atoms with E-state index in [9.17, 15) is 24.0 Å². The molecule has 0 spiro atoms. The maximum absolute atomic E-state index is 14.4. The van der Waals surface area contributed by atoms with Crippen molar-refractivity contribution in [2.75, 3.05) is 11.9 Å². The van der Waals surface area contributed by atoms with Gasteiger partial charge in [0.15, 0.2) is 0 Å². The normalized spacial score (nSPS) is 17.0. The van der Waals surface area contributed by atoms with Crippen molar-refractivity contribution >= 4 is 54.0 Å². The molecule has 0 fully saturated rings. The van der Waals surface area contributed by atoms with E-state index in [-0.39, 0.29) is 41.3 Å². The number of esters is 2. The third-order valence-electron chi connectivity index (χ3n) is 11.0. The van der Waals surface area contributed by atoms with Crippen molar-refractivity contribution in [2.45, 2.75) is 131 Å². The minimum atomic E-state index is -2.47. The summed E-state index contributed by atoms with van der Waals surface area (Å²) in [6, 6.07) is 7.29. The molecule has 2 aliphatic rings. The molecule has 0 radical (unpaired) electrons. The number of aromatic nitrogens is 2. The van der Waals surface area contributed by atoms with E-state index >= 15 is 0 Å². The van der Waals surface area contributed by atoms with Gasteiger partial charge in [-0.3, -0.25) is 14.9 Å². The summed E-state index contributed by atoms with van der Waals surface area (Å²) < 4.78 is 23.8. The van der Waals surface area contributed by atoms with Gasteiger partial charge < -0.3 is 28.8 Å². The first-order valence-corrected chi connectivity index (χ1v) is 21.4. The molecule has 3 aromatic rings. The summed E-state index contributed by atoms with van der Waals surface area (Å²) in [7, 11) is -2.47. The van der Waals surface area contributed by atoms with Crippen LogP contribution < -0.4 is 21.4 Å². The van der Waals surface area contributed by atoms with Gasteiger partial charge >= 0.3 is 24.1 Å². The van der Waals surface area contributed by atoms with Crippen LogP contribution in [0.5, 0.6) is 0 Å². The Labute approximate surface area is 317 Å². The summed E-state index contributed by atoms with van der Waals surface area (Å²) in [5, 5.41) is 7.11. The van der Waals surface area contributed by atoms with E-state index < -0.39 is 55.5 Å². The molecule has 4 heterocycles. The topological polar surface area (TPSA) is 164 Å². The van der Waals surface area contributed by atoms with Gasteiger partial charge in [-0.25, -0.2) is 19.4 Å². The van der Waals surface area contributed by atoms with Crippen LogP contribution in [0.1, 0.15) is 99.3 Å². The molecule has 0 saturated heterocycles. The number of rotatable bonds is 8. The van der Waals surface area contributed by atoms with Gasteiger partial charge in [0.05, 0.1) is 37.1 Å². The maximum Gasteiger partial charge on any atom is 0.412 e. The molecule has 2 amide bonds. The smallest absolute Gasteiger partial charge is 0.412 e. The van der Waals surface area contributed by atoms with Crippen molar-refractivity contribution in [3.05, 3.63) is 51.3 Å². The number of carbonyl (C=O) groups is 4. The molecule has 2 aromatic heterocycles. The number of cyclic esters (lactones) is 1. The van der Waals surface area contributed by atoms with Gasteiger partial charge in [0, 0.05) is 16.6 Å². The standard InChI is InChI=1S/C40H54N4O9Si/c1-14-40(51-30(45)19-41-35(48)52-37(4,5)6)27-18-29-31-25(20-44(29)33(46)26(27)21-50-34(40)47)32(54(12,13)39(10,11)22(2)3)24-17-23(15-16-28(24)43-31)42-36(49)53-38(7,8)9/h15-18,22H,14,19-21H2,1-13H3,(H,41,48)(H,42,49)/t40-/m0/s1. The molecular weight excluding hydrogens is 709 g/mol. The second-order valence-corrected chi connectivity index (χ2v) is 22.6. The lowest BCUT2D eigenvalue weighted by atomic mass is 9.85. The molecule has 5 rings (SSSR count). The highest BCUT2D eigenvalue weighted by atomic mass is 28.3. The molecule has 54 heavy (non-hydrogen) atoms. The molecule has 13 nitrogen and oxygen atoms in total. The van der Waals surface area contributed by atoms with Crippen LogP contribution in [0, 0.1) is 5.92 Å². The van der Waals surface area contributed by atoms with Crippen LogP contribution >= 0.6 is 0 Å². The number of hydrogen-bond acceptors (Lipinski definition) is 10. The quantitative estimate of drug-likeness (QED) is 0.110. The second-order valence-electron chi connectivity index (χ2n) is 17.6. The fourth-order valence-corrected chi connectivity index (χ4v) is 11.1. The number of ether oxygens (including phenoxy) is 4. The van der Waals surface area contributed by atoms with E-state index in [0.717, 1.165) is 16.1 Å². The van der Waals surface area contributed by atoms with Crippen LogP contribution in [0.15, 0.2) is 29.1 Å². The molecule has 0 aliphatic carbocycles. The third-order valence-corrected chi connectivity index (χ3v) is 16.7. The number of fused-ring (bicyclic) bond motifs is 5. The second kappa shape index (κ2) is 13.8. The number of amides is 2. The van der Waals surface area contributed by atoms with E-state index in [4.69, 9.17) is 23.9 Å². The Balaban J connectivity index is 1.67. The Kier molecular flexibility index (Phi) is 10.4. The summed E-state index contributed by atoms with van der Waals surface area (Å²) in [5.41, 5.74) is -0.110. The van der Waals surface area contributed by atoms with E-state index in [0.29, 0.717) is 28.5 Å². The van der Waals surface area contributed by atoms with Crippen molar-refractivity contribution in [1.29, 1.82) is 0 Å². The highest BCUT2D eigenvalue weighted by Crippen LogP contribution is 2.47. The first kappa shape index (κ1) is 40.5. The highest BCUT2D eigenvalue weighted by molar-refractivity contribution is 6.94. The summed E-state index contributed by atoms with van der Waals surface area (Å²) in [4.78, 5) is 71.4. The van der Waals surface area contributed by atoms with Gasteiger partial charge in [0.2, 0.25) is 5.60 Å². The van der Waals surface area contributed by atoms with Crippen molar-refractivity contribution in [3.63, 3.8) is 0 Å². The van der Waals surface area contributed by atoms with Crippen LogP contribution in [0.4, 0.5) is 15.3 Å². The zero-order valence-corrected chi connectivity index (χ0v) is 34.8. The number of nitrogens with one attached hydrogen (secondary N) is 2. The van der Waals surface area contributed by atoms with E-state index in [1.165, 1.54) is 0 Å². The Morgan fingerprint density at radius 1 is 0.963 bits per heavy atom. The molecule has 0 saturated carbocycles. The zero-order valence-electron chi connectivity index (χ0n) is 33.8. The van der Waals surface area contributed by atoms with Gasteiger partial charge in [0.25, 0.3) is 5.56 Å². The van der Waals surface area contributed by atoms with Crippen molar-refractivity contribution in [1.82, 2.24) is 14.9 Å². The predicted molar refractivity (Wildman–Crippen MR) is 208 cm³/mol. The van der Waals surface area contributed by atoms with Crippen LogP contribution in [-0.4, -0.2) is 59.5 Å². The Morgan fingerprint density at radius 3 is 2.19 bits per heavy atom. The molecule has 1 atom stereocenters. The monoisotopic (exact) mass is 762 g/mol. The molecule has 0 unspecified atom stereocenters. The minimum Gasteiger partial charge on any atom is -0.457 e. The SMILES string of the molecule is CC[C@@]1(OC(=O)CNC(=O)OC(C)(C)C)C(=O)OCc2c1cc1n(c2=O)Cc2c-1nc1ccc(NC(=O)OC(C)(C)C)cc1c2[Si](C)(C)C(C)(C)C(C)C. The fourth-order valence-electron chi connectivity index (χ4n) is 7.18. The molecule has 292 valence electrons. The average molecular weight is 763 g/mol. The van der Waals surface area contributed by atoms with Crippen LogP contribution in [0.2, 0.25) is 18.1 Å². The third kappa shape index (κ3) is 7.36. The lowest BCUT2D eigenvalue weighted by Gasteiger charge is -2.45. The molecule has 2 N–H and O–H groups in total. The van der Waals surface area contributed by atoms with E-state index in [1.807, 2.05) is 12.1 Å². The first-order valence-electron chi connectivity index (χ1n) is 18.4. The molecule has 1 aromatic carbocycles. The number of carbonyl (C=O) groups excluding carboxylic acids is 4. The lowest BCUT2D eigenvalue weighted by Crippen LogP contribution is -2.54. The number of hydrogen-bond donors (Lipinski definition) is 2. The molecule has 0 bridgehead atoms. The molecule has 14 heteroatoms. The predicted octanol–water partition coefficient (Wildman–Crippen LogP) is 6.85. The van der Waals surface area contributed by atoms with Gasteiger partial charge in [-0.1, -0.05) is 47.7 Å². The highest BCUT2D eigenvalue weighted by Gasteiger charge is 2.51. The summed E-state index contributed by atoms with van der Waals surface area (Å²) in [6.07, 6.45) is -1.42. The molecule has 2 aliphatic heterocycles. The number of pyridine rings is 2. The van der Waals surface area contributed by atoms with Gasteiger partial charge in [0.1, 0.15) is 24.4 Å². The summed E-state index contributed by atoms with van der Waals surface area (Å²) in [6.45, 7) is 25.2. The van der Waals surface area contributed by atoms with E-state index in [2.05, 4.69) is 51.4 Å². The minimum absolute atomic E-state index is 0.0287. The van der Waals surface area contributed by atoms with Crippen molar-refractivity contribution < 1.29 is 38.1 Å². The maximum atomic E-state index is 14.4. The number of nitrogens with zero attached hydrogens (tertiary/aromatic N) is 2. The Bertz CT molecular complexity index is 2110. The molecular formula is C40H54N4O9Si. The first-order chi connectivity index (χ1) is 24.8. The Morgan fingerprint density at radius 2 is 1.59 bits per heavy atom. The number of anilines is 1. The number of alkyl carbamates (subject to hydrolysis) is 1. The van der Waals surface area contributed by atoms with Crippen molar-refractivity contribution in [2.24, 2.45) is 5.92 Å². The lowest BCUT2D eigenvalue weighted by molar-refractivity contribution is -0.188. The van der Waals surface area contributed by atoms with Crippen molar-refractivity contribution in [3.8, 4) is 11.4 Å².